The molecule has 1 aliphatic heterocycles. The fourth-order valence-electron chi connectivity index (χ4n) is 2.69. The summed E-state index contributed by atoms with van der Waals surface area (Å²) in [6, 6.07) is 2.04. The van der Waals surface area contributed by atoms with Crippen LogP contribution < -0.4 is 10.2 Å². The molecule has 0 aliphatic carbocycles. The highest BCUT2D eigenvalue weighted by atomic mass is 15.2. The first kappa shape index (κ1) is 15.0. The Hall–Kier alpha value is -1.36. The average Bonchev–Trinajstić information content (AvgIpc) is 2.48. The summed E-state index contributed by atoms with van der Waals surface area (Å²) in [5.74, 6) is 3.61. The van der Waals surface area contributed by atoms with Gasteiger partial charge in [-0.15, -0.1) is 0 Å². The lowest BCUT2D eigenvalue weighted by Gasteiger charge is -2.32. The van der Waals surface area contributed by atoms with Crippen LogP contribution in [0.3, 0.4) is 0 Å². The van der Waals surface area contributed by atoms with Crippen molar-refractivity contribution in [2.24, 2.45) is 5.92 Å². The standard InChI is InChI=1S/C15H27N5/c1-5-13-17-14(16-2)10-15(18-13)20(4)11-12-6-8-19(3)9-7-12/h10,12H,5-9,11H2,1-4H3,(H,16,17,18). The van der Waals surface area contributed by atoms with Crippen LogP contribution in [-0.2, 0) is 6.42 Å². The van der Waals surface area contributed by atoms with E-state index in [1.165, 1.54) is 25.9 Å². The number of nitrogens with one attached hydrogen (secondary N) is 1. The van der Waals surface area contributed by atoms with Crippen LogP contribution >= 0.6 is 0 Å². The minimum Gasteiger partial charge on any atom is -0.373 e. The Morgan fingerprint density at radius 3 is 2.65 bits per heavy atom. The summed E-state index contributed by atoms with van der Waals surface area (Å²) in [5, 5.41) is 3.12. The van der Waals surface area contributed by atoms with E-state index in [9.17, 15) is 0 Å². The third kappa shape index (κ3) is 3.82. The zero-order valence-electron chi connectivity index (χ0n) is 13.2. The van der Waals surface area contributed by atoms with Crippen LogP contribution in [0.5, 0.6) is 0 Å². The van der Waals surface area contributed by atoms with Crippen molar-refractivity contribution in [2.75, 3.05) is 51.0 Å². The number of hydrogen-bond acceptors (Lipinski definition) is 5. The van der Waals surface area contributed by atoms with E-state index < -0.39 is 0 Å². The smallest absolute Gasteiger partial charge is 0.134 e. The molecule has 5 heteroatoms. The monoisotopic (exact) mass is 277 g/mol. The zero-order chi connectivity index (χ0) is 14.5. The quantitative estimate of drug-likeness (QED) is 0.890. The van der Waals surface area contributed by atoms with E-state index in [-0.39, 0.29) is 0 Å². The molecule has 0 spiro atoms. The molecule has 0 atom stereocenters. The van der Waals surface area contributed by atoms with E-state index in [1.54, 1.807) is 0 Å². The number of aromatic nitrogens is 2. The molecular formula is C15H27N5. The lowest BCUT2D eigenvalue weighted by Crippen LogP contribution is -2.36. The Bertz CT molecular complexity index is 404. The number of likely N-dealkylation sites (tertiary alicyclic amines) is 1. The maximum absolute atomic E-state index is 4.64. The van der Waals surface area contributed by atoms with E-state index in [0.717, 1.165) is 36.3 Å². The van der Waals surface area contributed by atoms with Gasteiger partial charge in [0, 0.05) is 33.1 Å². The lowest BCUT2D eigenvalue weighted by molar-refractivity contribution is 0.222. The molecule has 1 fully saturated rings. The second-order valence-electron chi connectivity index (χ2n) is 5.76. The minimum atomic E-state index is 0.772. The van der Waals surface area contributed by atoms with Crippen LogP contribution in [0.25, 0.3) is 0 Å². The van der Waals surface area contributed by atoms with Gasteiger partial charge in [0.05, 0.1) is 0 Å². The molecule has 20 heavy (non-hydrogen) atoms. The summed E-state index contributed by atoms with van der Waals surface area (Å²) in [6.07, 6.45) is 3.43. The van der Waals surface area contributed by atoms with Crippen molar-refractivity contribution in [3.8, 4) is 0 Å². The molecule has 2 rings (SSSR count). The molecule has 1 aromatic heterocycles. The van der Waals surface area contributed by atoms with Crippen LogP contribution in [0.1, 0.15) is 25.6 Å². The van der Waals surface area contributed by atoms with Crippen molar-refractivity contribution in [3.05, 3.63) is 11.9 Å². The van der Waals surface area contributed by atoms with Crippen molar-refractivity contribution in [1.82, 2.24) is 14.9 Å². The van der Waals surface area contributed by atoms with Crippen molar-refractivity contribution >= 4 is 11.6 Å². The summed E-state index contributed by atoms with van der Waals surface area (Å²) in [7, 11) is 6.25. The first-order chi connectivity index (χ1) is 9.62. The summed E-state index contributed by atoms with van der Waals surface area (Å²) in [4.78, 5) is 13.8. The Morgan fingerprint density at radius 2 is 2.05 bits per heavy atom. The molecule has 0 bridgehead atoms. The van der Waals surface area contributed by atoms with Crippen LogP contribution in [0, 0.1) is 5.92 Å². The fraction of sp³-hybridized carbons (Fsp3) is 0.733. The minimum absolute atomic E-state index is 0.772. The summed E-state index contributed by atoms with van der Waals surface area (Å²) in [5.41, 5.74) is 0. The molecule has 0 saturated carbocycles. The molecule has 1 aliphatic rings. The van der Waals surface area contributed by atoms with Crippen LogP contribution in [-0.4, -0.2) is 55.6 Å². The summed E-state index contributed by atoms with van der Waals surface area (Å²) >= 11 is 0. The highest BCUT2D eigenvalue weighted by Gasteiger charge is 2.19. The van der Waals surface area contributed by atoms with Gasteiger partial charge in [-0.05, 0) is 38.9 Å². The predicted molar refractivity (Wildman–Crippen MR) is 84.4 cm³/mol. The van der Waals surface area contributed by atoms with Crippen molar-refractivity contribution < 1.29 is 0 Å². The Morgan fingerprint density at radius 1 is 1.35 bits per heavy atom. The van der Waals surface area contributed by atoms with Crippen LogP contribution in [0.4, 0.5) is 11.6 Å². The molecule has 2 heterocycles. The molecule has 112 valence electrons. The number of hydrogen-bond donors (Lipinski definition) is 1. The predicted octanol–water partition coefficient (Wildman–Crippen LogP) is 1.86. The van der Waals surface area contributed by atoms with E-state index in [0.29, 0.717) is 0 Å². The highest BCUT2D eigenvalue weighted by Crippen LogP contribution is 2.21. The van der Waals surface area contributed by atoms with Gasteiger partial charge >= 0.3 is 0 Å². The normalized spacial score (nSPS) is 17.2. The van der Waals surface area contributed by atoms with E-state index >= 15 is 0 Å². The largest absolute Gasteiger partial charge is 0.373 e. The first-order valence-corrected chi connectivity index (χ1v) is 7.57. The maximum Gasteiger partial charge on any atom is 0.134 e. The van der Waals surface area contributed by atoms with Gasteiger partial charge in [0.25, 0.3) is 0 Å². The number of anilines is 2. The van der Waals surface area contributed by atoms with Gasteiger partial charge < -0.3 is 15.1 Å². The Labute approximate surface area is 122 Å². The van der Waals surface area contributed by atoms with Crippen molar-refractivity contribution in [1.29, 1.82) is 0 Å². The molecule has 1 N–H and O–H groups in total. The summed E-state index contributed by atoms with van der Waals surface area (Å²) in [6.45, 7) is 5.60. The molecule has 0 amide bonds. The van der Waals surface area contributed by atoms with Crippen molar-refractivity contribution in [3.63, 3.8) is 0 Å². The number of piperidine rings is 1. The van der Waals surface area contributed by atoms with Gasteiger partial charge in [-0.2, -0.15) is 0 Å². The average molecular weight is 277 g/mol. The van der Waals surface area contributed by atoms with Gasteiger partial charge in [-0.1, -0.05) is 6.92 Å². The topological polar surface area (TPSA) is 44.3 Å². The summed E-state index contributed by atoms with van der Waals surface area (Å²) < 4.78 is 0. The number of nitrogens with zero attached hydrogens (tertiary/aromatic N) is 4. The molecule has 1 saturated heterocycles. The molecular weight excluding hydrogens is 250 g/mol. The second-order valence-corrected chi connectivity index (χ2v) is 5.76. The van der Waals surface area contributed by atoms with E-state index in [4.69, 9.17) is 0 Å². The van der Waals surface area contributed by atoms with E-state index in [1.807, 2.05) is 13.1 Å². The highest BCUT2D eigenvalue weighted by molar-refractivity contribution is 5.48. The number of rotatable bonds is 5. The second kappa shape index (κ2) is 6.88. The Balaban J connectivity index is 2.02. The third-order valence-corrected chi connectivity index (χ3v) is 4.09. The molecule has 0 aromatic carbocycles. The van der Waals surface area contributed by atoms with Gasteiger partial charge in [-0.3, -0.25) is 0 Å². The molecule has 0 radical (unpaired) electrons. The maximum atomic E-state index is 4.64. The van der Waals surface area contributed by atoms with Gasteiger partial charge in [0.15, 0.2) is 0 Å². The van der Waals surface area contributed by atoms with E-state index in [2.05, 4.69) is 46.1 Å². The molecule has 1 aromatic rings. The van der Waals surface area contributed by atoms with Gasteiger partial charge in [-0.25, -0.2) is 9.97 Å². The van der Waals surface area contributed by atoms with Gasteiger partial charge in [0.1, 0.15) is 17.5 Å². The Kier molecular flexibility index (Phi) is 5.17. The lowest BCUT2D eigenvalue weighted by atomic mass is 9.97. The third-order valence-electron chi connectivity index (χ3n) is 4.09. The zero-order valence-corrected chi connectivity index (χ0v) is 13.2. The van der Waals surface area contributed by atoms with Crippen LogP contribution in [0.15, 0.2) is 6.07 Å². The fourth-order valence-corrected chi connectivity index (χ4v) is 2.69. The van der Waals surface area contributed by atoms with Crippen LogP contribution in [0.2, 0.25) is 0 Å². The first-order valence-electron chi connectivity index (χ1n) is 7.57. The number of aryl methyl sites for hydroxylation is 1. The molecule has 0 unspecified atom stereocenters. The van der Waals surface area contributed by atoms with Crippen molar-refractivity contribution in [2.45, 2.75) is 26.2 Å². The molecule has 5 nitrogen and oxygen atoms in total. The SMILES string of the molecule is CCc1nc(NC)cc(N(C)CC2CCN(C)CC2)n1. The van der Waals surface area contributed by atoms with Gasteiger partial charge in [0.2, 0.25) is 0 Å².